The number of nitrogens with zero attached hydrogens (tertiary/aromatic N) is 3. The van der Waals surface area contributed by atoms with E-state index in [4.69, 9.17) is 22.1 Å². The van der Waals surface area contributed by atoms with Gasteiger partial charge < -0.3 is 15.0 Å². The second-order valence-electron chi connectivity index (χ2n) is 10.6. The van der Waals surface area contributed by atoms with Gasteiger partial charge in [0, 0.05) is 67.8 Å². The summed E-state index contributed by atoms with van der Waals surface area (Å²) in [7, 11) is -3.61. The van der Waals surface area contributed by atoms with Crippen LogP contribution in [0.4, 0.5) is 4.79 Å². The van der Waals surface area contributed by atoms with E-state index >= 15 is 0 Å². The number of halogens is 1. The van der Waals surface area contributed by atoms with Gasteiger partial charge in [-0.05, 0) is 41.3 Å². The van der Waals surface area contributed by atoms with Gasteiger partial charge >= 0.3 is 6.09 Å². The lowest BCUT2D eigenvalue weighted by atomic mass is 9.87. The van der Waals surface area contributed by atoms with Crippen molar-refractivity contribution in [2.75, 3.05) is 26.2 Å². The Balaban J connectivity index is 1.42. The number of rotatable bonds is 8. The fourth-order valence-corrected chi connectivity index (χ4v) is 6.40. The summed E-state index contributed by atoms with van der Waals surface area (Å²) >= 11 is 6.29. The van der Waals surface area contributed by atoms with Gasteiger partial charge in [0.05, 0.1) is 4.90 Å². The molecule has 10 heteroatoms. The fraction of sp³-hybridized carbons (Fsp3) is 0.444. The molecule has 0 bridgehead atoms. The van der Waals surface area contributed by atoms with Crippen molar-refractivity contribution in [3.05, 3.63) is 65.3 Å². The molecule has 200 valence electrons. The van der Waals surface area contributed by atoms with E-state index < -0.39 is 16.1 Å². The smallest absolute Gasteiger partial charge is 0.404 e. The van der Waals surface area contributed by atoms with Gasteiger partial charge in [0.1, 0.15) is 6.10 Å². The van der Waals surface area contributed by atoms with Gasteiger partial charge in [0.2, 0.25) is 10.0 Å². The maximum Gasteiger partial charge on any atom is 0.404 e. The monoisotopic (exact) mass is 546 g/mol. The van der Waals surface area contributed by atoms with Gasteiger partial charge in [-0.1, -0.05) is 50.6 Å². The van der Waals surface area contributed by atoms with E-state index in [1.54, 1.807) is 16.4 Å². The van der Waals surface area contributed by atoms with Crippen LogP contribution in [0.3, 0.4) is 0 Å². The number of hydrogen-bond acceptors (Lipinski definition) is 5. The number of amides is 1. The van der Waals surface area contributed by atoms with Crippen LogP contribution in [0.25, 0.3) is 10.9 Å². The molecule has 2 heterocycles. The molecule has 0 spiro atoms. The van der Waals surface area contributed by atoms with E-state index in [-0.39, 0.29) is 11.5 Å². The number of ether oxygens (including phenoxy) is 1. The van der Waals surface area contributed by atoms with Crippen LogP contribution in [0.15, 0.2) is 59.6 Å². The fourth-order valence-electron chi connectivity index (χ4n) is 4.74. The van der Waals surface area contributed by atoms with Gasteiger partial charge in [-0.25, -0.2) is 13.2 Å². The normalized spacial score (nSPS) is 16.6. The number of nitrogens with two attached hydrogens (primary N) is 1. The summed E-state index contributed by atoms with van der Waals surface area (Å²) < 4.78 is 35.7. The van der Waals surface area contributed by atoms with Crippen molar-refractivity contribution in [3.63, 3.8) is 0 Å². The molecule has 1 unspecified atom stereocenters. The average Bonchev–Trinajstić information content (AvgIpc) is 3.25. The van der Waals surface area contributed by atoms with Gasteiger partial charge in [0.15, 0.2) is 0 Å². The Kier molecular flexibility index (Phi) is 8.18. The molecule has 0 saturated carbocycles. The molecule has 2 aromatic carbocycles. The molecule has 1 atom stereocenters. The minimum Gasteiger partial charge on any atom is -0.446 e. The molecular weight excluding hydrogens is 512 g/mol. The molecule has 1 amide bonds. The highest BCUT2D eigenvalue weighted by Gasteiger charge is 2.30. The van der Waals surface area contributed by atoms with Crippen LogP contribution in [0.1, 0.15) is 32.8 Å². The van der Waals surface area contributed by atoms with Gasteiger partial charge in [-0.15, -0.1) is 0 Å². The lowest BCUT2D eigenvalue weighted by Crippen LogP contribution is -2.48. The number of carbonyl (C=O) groups excluding carboxylic acids is 1. The maximum absolute atomic E-state index is 13.4. The van der Waals surface area contributed by atoms with Crippen molar-refractivity contribution in [2.45, 2.75) is 51.3 Å². The quantitative estimate of drug-likeness (QED) is 0.441. The van der Waals surface area contributed by atoms with Crippen LogP contribution in [0.5, 0.6) is 0 Å². The van der Waals surface area contributed by atoms with E-state index in [1.165, 1.54) is 0 Å². The number of sulfonamides is 1. The first kappa shape index (κ1) is 27.4. The summed E-state index contributed by atoms with van der Waals surface area (Å²) in [4.78, 5) is 13.8. The number of primary amides is 1. The second-order valence-corrected chi connectivity index (χ2v) is 12.9. The third kappa shape index (κ3) is 6.46. The van der Waals surface area contributed by atoms with Crippen LogP contribution < -0.4 is 5.73 Å². The molecule has 1 aliphatic rings. The van der Waals surface area contributed by atoms with Gasteiger partial charge in [0.25, 0.3) is 0 Å². The summed E-state index contributed by atoms with van der Waals surface area (Å²) in [5.74, 6) is 0. The lowest BCUT2D eigenvalue weighted by Gasteiger charge is -2.34. The highest BCUT2D eigenvalue weighted by atomic mass is 35.5. The Hall–Kier alpha value is -2.59. The summed E-state index contributed by atoms with van der Waals surface area (Å²) in [6.45, 7) is 9.47. The lowest BCUT2D eigenvalue weighted by molar-refractivity contribution is 0.0289. The van der Waals surface area contributed by atoms with E-state index in [9.17, 15) is 13.2 Å². The number of piperazine rings is 1. The Labute approximate surface area is 224 Å². The Morgan fingerprint density at radius 2 is 1.78 bits per heavy atom. The van der Waals surface area contributed by atoms with Crippen LogP contribution in [0, 0.1) is 5.41 Å². The summed E-state index contributed by atoms with van der Waals surface area (Å²) in [5.41, 5.74) is 6.98. The van der Waals surface area contributed by atoms with Crippen molar-refractivity contribution in [1.29, 1.82) is 0 Å². The highest BCUT2D eigenvalue weighted by molar-refractivity contribution is 7.89. The topological polar surface area (TPSA) is 97.9 Å². The van der Waals surface area contributed by atoms with E-state index in [0.29, 0.717) is 50.6 Å². The molecular formula is C27H35ClN4O4S. The predicted molar refractivity (Wildman–Crippen MR) is 146 cm³/mol. The molecule has 1 aliphatic heterocycles. The zero-order valence-corrected chi connectivity index (χ0v) is 23.1. The number of fused-ring (bicyclic) bond motifs is 1. The first-order chi connectivity index (χ1) is 17.4. The average molecular weight is 547 g/mol. The zero-order chi connectivity index (χ0) is 26.8. The summed E-state index contributed by atoms with van der Waals surface area (Å²) in [6.07, 6.45) is 1.41. The third-order valence-corrected chi connectivity index (χ3v) is 9.18. The highest BCUT2D eigenvalue weighted by Crippen LogP contribution is 2.28. The standard InChI is InChI=1S/C27H35ClN4O4S/c1-27(2,3)25(36-26(29)33)11-13-31-12-10-20-18-22(8-9-24(20)31)37(34,35)32-16-14-30(15-17-32)19-21-6-4-5-7-23(21)28/h4-10,12,18,25H,11,13-17,19H2,1-3H3,(H2,29,33). The van der Waals surface area contributed by atoms with Crippen LogP contribution in [-0.4, -0.2) is 60.6 Å². The van der Waals surface area contributed by atoms with E-state index in [0.717, 1.165) is 21.5 Å². The summed E-state index contributed by atoms with van der Waals surface area (Å²) in [6, 6.07) is 14.9. The van der Waals surface area contributed by atoms with Crippen molar-refractivity contribution in [1.82, 2.24) is 13.8 Å². The van der Waals surface area contributed by atoms with E-state index in [2.05, 4.69) is 4.90 Å². The molecule has 37 heavy (non-hydrogen) atoms. The SMILES string of the molecule is CC(C)(C)C(CCn1ccc2cc(S(=O)(=O)N3CCN(Cc4ccccc4Cl)CC3)ccc21)OC(N)=O. The predicted octanol–water partition coefficient (Wildman–Crippen LogP) is 4.70. The number of carbonyl (C=O) groups is 1. The molecule has 2 N–H and O–H groups in total. The van der Waals surface area contributed by atoms with Crippen molar-refractivity contribution >= 4 is 38.6 Å². The number of hydrogen-bond donors (Lipinski definition) is 1. The molecule has 4 rings (SSSR count). The second kappa shape index (κ2) is 11.0. The first-order valence-corrected chi connectivity index (χ1v) is 14.3. The maximum atomic E-state index is 13.4. The summed E-state index contributed by atoms with van der Waals surface area (Å²) in [5, 5.41) is 1.58. The van der Waals surface area contributed by atoms with Crippen molar-refractivity contribution in [3.8, 4) is 0 Å². The Morgan fingerprint density at radius 3 is 2.43 bits per heavy atom. The van der Waals surface area contributed by atoms with Gasteiger partial charge in [-0.3, -0.25) is 4.90 Å². The Bertz CT molecular complexity index is 1360. The number of benzene rings is 2. The van der Waals surface area contributed by atoms with Crippen molar-refractivity contribution < 1.29 is 17.9 Å². The first-order valence-electron chi connectivity index (χ1n) is 12.5. The molecule has 8 nitrogen and oxygen atoms in total. The van der Waals surface area contributed by atoms with Crippen LogP contribution in [-0.2, 0) is 27.8 Å². The molecule has 0 radical (unpaired) electrons. The molecule has 3 aromatic rings. The number of aryl methyl sites for hydroxylation is 1. The largest absolute Gasteiger partial charge is 0.446 e. The molecule has 0 aliphatic carbocycles. The minimum atomic E-state index is -3.61. The minimum absolute atomic E-state index is 0.253. The van der Waals surface area contributed by atoms with Gasteiger partial charge in [-0.2, -0.15) is 4.31 Å². The molecule has 1 saturated heterocycles. The number of aromatic nitrogens is 1. The van der Waals surface area contributed by atoms with E-state index in [1.807, 2.05) is 67.9 Å². The third-order valence-electron chi connectivity index (χ3n) is 6.92. The molecule has 1 aromatic heterocycles. The zero-order valence-electron chi connectivity index (χ0n) is 21.6. The van der Waals surface area contributed by atoms with Crippen molar-refractivity contribution in [2.24, 2.45) is 11.1 Å². The molecule has 1 fully saturated rings. The Morgan fingerprint density at radius 1 is 1.08 bits per heavy atom. The van der Waals surface area contributed by atoms with Crippen LogP contribution >= 0.6 is 11.6 Å². The van der Waals surface area contributed by atoms with Crippen LogP contribution in [0.2, 0.25) is 5.02 Å².